The Morgan fingerprint density at radius 2 is 2.10 bits per heavy atom. The Bertz CT molecular complexity index is 213. The molecular formula is C7H10O2Si. The van der Waals surface area contributed by atoms with E-state index in [0.29, 0.717) is 22.8 Å². The molecule has 0 fully saturated rings. The molecule has 0 aliphatic rings. The van der Waals surface area contributed by atoms with Crippen molar-refractivity contribution in [2.75, 3.05) is 0 Å². The molecule has 0 saturated carbocycles. The number of para-hydroxylation sites is 1. The third-order valence-electron chi connectivity index (χ3n) is 1.29. The van der Waals surface area contributed by atoms with Crippen LogP contribution in [0.1, 0.15) is 5.56 Å². The standard InChI is InChI=1S/C7H10O2Si/c8-7-4-2-1-3-6(7)5-9-10/h1-4,8H,5H2,10H3. The lowest BCUT2D eigenvalue weighted by atomic mass is 10.2. The minimum Gasteiger partial charge on any atom is -0.508 e. The number of aromatic hydroxyl groups is 1. The van der Waals surface area contributed by atoms with Crippen LogP contribution in [0.25, 0.3) is 0 Å². The second kappa shape index (κ2) is 3.39. The predicted octanol–water partition coefficient (Wildman–Crippen LogP) is 0.189. The Labute approximate surface area is 63.0 Å². The lowest BCUT2D eigenvalue weighted by Gasteiger charge is -2.00. The lowest BCUT2D eigenvalue weighted by Crippen LogP contribution is -1.87. The monoisotopic (exact) mass is 154 g/mol. The van der Waals surface area contributed by atoms with Crippen molar-refractivity contribution in [3.63, 3.8) is 0 Å². The molecule has 1 rings (SSSR count). The number of hydrogen-bond acceptors (Lipinski definition) is 2. The van der Waals surface area contributed by atoms with Gasteiger partial charge in [-0.3, -0.25) is 0 Å². The molecule has 0 bridgehead atoms. The van der Waals surface area contributed by atoms with E-state index >= 15 is 0 Å². The molecule has 0 saturated heterocycles. The summed E-state index contributed by atoms with van der Waals surface area (Å²) in [5, 5.41) is 9.18. The smallest absolute Gasteiger partial charge is 0.146 e. The third kappa shape index (κ3) is 1.59. The van der Waals surface area contributed by atoms with Crippen LogP contribution in [0.3, 0.4) is 0 Å². The fourth-order valence-corrected chi connectivity index (χ4v) is 1.10. The number of benzene rings is 1. The van der Waals surface area contributed by atoms with Gasteiger partial charge in [0.1, 0.15) is 16.2 Å². The van der Waals surface area contributed by atoms with E-state index in [0.717, 1.165) is 5.56 Å². The highest BCUT2D eigenvalue weighted by molar-refractivity contribution is 5.97. The molecule has 1 aromatic rings. The van der Waals surface area contributed by atoms with Gasteiger partial charge >= 0.3 is 0 Å². The van der Waals surface area contributed by atoms with Gasteiger partial charge in [-0.05, 0) is 6.07 Å². The van der Waals surface area contributed by atoms with Crippen molar-refractivity contribution in [3.8, 4) is 5.75 Å². The molecule has 10 heavy (non-hydrogen) atoms. The van der Waals surface area contributed by atoms with Crippen LogP contribution in [-0.2, 0) is 11.0 Å². The van der Waals surface area contributed by atoms with Crippen molar-refractivity contribution in [3.05, 3.63) is 29.8 Å². The average Bonchev–Trinajstić information content (AvgIpc) is 1.94. The Balaban J connectivity index is 2.81. The van der Waals surface area contributed by atoms with E-state index in [1.54, 1.807) is 12.1 Å². The second-order valence-corrected chi connectivity index (χ2v) is 2.64. The van der Waals surface area contributed by atoms with Gasteiger partial charge in [-0.15, -0.1) is 0 Å². The first-order valence-corrected chi connectivity index (χ1v) is 3.92. The van der Waals surface area contributed by atoms with Gasteiger partial charge in [0.2, 0.25) is 0 Å². The van der Waals surface area contributed by atoms with E-state index in [1.807, 2.05) is 12.1 Å². The minimum atomic E-state index is 0.318. The second-order valence-electron chi connectivity index (χ2n) is 2.06. The summed E-state index contributed by atoms with van der Waals surface area (Å²) < 4.78 is 4.99. The number of rotatable bonds is 2. The molecule has 0 radical (unpaired) electrons. The van der Waals surface area contributed by atoms with Crippen molar-refractivity contribution in [2.24, 2.45) is 0 Å². The van der Waals surface area contributed by atoms with Crippen molar-refractivity contribution in [1.82, 2.24) is 0 Å². The van der Waals surface area contributed by atoms with Gasteiger partial charge in [0.05, 0.1) is 6.61 Å². The van der Waals surface area contributed by atoms with E-state index in [1.165, 1.54) is 0 Å². The first-order valence-electron chi connectivity index (χ1n) is 3.10. The van der Waals surface area contributed by atoms with E-state index in [-0.39, 0.29) is 0 Å². The van der Waals surface area contributed by atoms with Crippen LogP contribution >= 0.6 is 0 Å². The zero-order valence-corrected chi connectivity index (χ0v) is 7.87. The predicted molar refractivity (Wildman–Crippen MR) is 42.8 cm³/mol. The maximum absolute atomic E-state index is 9.18. The van der Waals surface area contributed by atoms with Crippen molar-refractivity contribution >= 4 is 10.5 Å². The minimum absolute atomic E-state index is 0.318. The van der Waals surface area contributed by atoms with E-state index < -0.39 is 0 Å². The average molecular weight is 154 g/mol. The summed E-state index contributed by atoms with van der Waals surface area (Å²) in [6.45, 7) is 0.527. The number of hydrogen-bond donors (Lipinski definition) is 1. The fourth-order valence-electron chi connectivity index (χ4n) is 0.788. The summed E-state index contributed by atoms with van der Waals surface area (Å²) >= 11 is 0. The van der Waals surface area contributed by atoms with Gasteiger partial charge in [0.15, 0.2) is 0 Å². The maximum atomic E-state index is 9.18. The molecule has 2 nitrogen and oxygen atoms in total. The fraction of sp³-hybridized carbons (Fsp3) is 0.143. The summed E-state index contributed by atoms with van der Waals surface area (Å²) in [6.07, 6.45) is 0. The highest BCUT2D eigenvalue weighted by atomic mass is 28.2. The summed E-state index contributed by atoms with van der Waals surface area (Å²) in [5.41, 5.74) is 0.859. The van der Waals surface area contributed by atoms with Gasteiger partial charge in [0.25, 0.3) is 0 Å². The van der Waals surface area contributed by atoms with E-state index in [9.17, 15) is 5.11 Å². The SMILES string of the molecule is Oc1ccccc1CO[SiH3]. The molecule has 54 valence electrons. The molecule has 0 aliphatic carbocycles. The molecule has 1 aromatic carbocycles. The summed E-state index contributed by atoms with van der Waals surface area (Å²) in [5.74, 6) is 0.318. The summed E-state index contributed by atoms with van der Waals surface area (Å²) in [7, 11) is 0.711. The van der Waals surface area contributed by atoms with Gasteiger partial charge in [-0.2, -0.15) is 0 Å². The lowest BCUT2D eigenvalue weighted by molar-refractivity contribution is 0.328. The highest BCUT2D eigenvalue weighted by Gasteiger charge is 1.95. The molecular weight excluding hydrogens is 144 g/mol. The molecule has 0 aliphatic heterocycles. The van der Waals surface area contributed by atoms with Crippen LogP contribution in [0.4, 0.5) is 0 Å². The molecule has 0 spiro atoms. The first-order chi connectivity index (χ1) is 4.84. The Kier molecular flexibility index (Phi) is 2.47. The van der Waals surface area contributed by atoms with Crippen molar-refractivity contribution < 1.29 is 9.53 Å². The summed E-state index contributed by atoms with van der Waals surface area (Å²) in [4.78, 5) is 0. The van der Waals surface area contributed by atoms with Gasteiger partial charge < -0.3 is 9.53 Å². The quantitative estimate of drug-likeness (QED) is 0.616. The zero-order chi connectivity index (χ0) is 7.40. The molecule has 0 heterocycles. The number of phenols is 1. The van der Waals surface area contributed by atoms with Gasteiger partial charge in [-0.1, -0.05) is 18.2 Å². The van der Waals surface area contributed by atoms with Crippen LogP contribution in [0.2, 0.25) is 0 Å². The van der Waals surface area contributed by atoms with Gasteiger partial charge in [-0.25, -0.2) is 0 Å². The van der Waals surface area contributed by atoms with Crippen LogP contribution in [0.15, 0.2) is 24.3 Å². The molecule has 0 amide bonds. The molecule has 0 unspecified atom stereocenters. The number of phenolic OH excluding ortho intramolecular Hbond substituents is 1. The topological polar surface area (TPSA) is 29.5 Å². The molecule has 3 heteroatoms. The summed E-state index contributed by atoms with van der Waals surface area (Å²) in [6, 6.07) is 7.20. The Hall–Kier alpha value is -0.803. The Morgan fingerprint density at radius 1 is 1.40 bits per heavy atom. The Morgan fingerprint density at radius 3 is 2.70 bits per heavy atom. The zero-order valence-electron chi connectivity index (χ0n) is 5.87. The van der Waals surface area contributed by atoms with E-state index in [4.69, 9.17) is 4.43 Å². The van der Waals surface area contributed by atoms with Gasteiger partial charge in [0, 0.05) is 5.56 Å². The van der Waals surface area contributed by atoms with Crippen LogP contribution in [-0.4, -0.2) is 15.6 Å². The van der Waals surface area contributed by atoms with Crippen LogP contribution < -0.4 is 0 Å². The van der Waals surface area contributed by atoms with Crippen LogP contribution in [0, 0.1) is 0 Å². The molecule has 0 aromatic heterocycles. The first kappa shape index (κ1) is 7.31. The van der Waals surface area contributed by atoms with E-state index in [2.05, 4.69) is 0 Å². The van der Waals surface area contributed by atoms with Crippen LogP contribution in [0.5, 0.6) is 5.75 Å². The highest BCUT2D eigenvalue weighted by Crippen LogP contribution is 2.15. The van der Waals surface area contributed by atoms with Crippen molar-refractivity contribution in [2.45, 2.75) is 6.61 Å². The molecule has 1 N–H and O–H groups in total. The normalized spacial score (nSPS) is 10.0. The molecule has 0 atom stereocenters. The third-order valence-corrected chi connectivity index (χ3v) is 1.58. The van der Waals surface area contributed by atoms with Crippen molar-refractivity contribution in [1.29, 1.82) is 0 Å². The maximum Gasteiger partial charge on any atom is 0.146 e. The largest absolute Gasteiger partial charge is 0.508 e.